The number of halogens is 3. The first-order valence-electron chi connectivity index (χ1n) is 7.81. The predicted octanol–water partition coefficient (Wildman–Crippen LogP) is 1.76. The summed E-state index contributed by atoms with van der Waals surface area (Å²) < 4.78 is 45.4. The van der Waals surface area contributed by atoms with Gasteiger partial charge < -0.3 is 19.9 Å². The van der Waals surface area contributed by atoms with Crippen molar-refractivity contribution in [2.24, 2.45) is 0 Å². The summed E-state index contributed by atoms with van der Waals surface area (Å²) in [5, 5.41) is 13.6. The highest BCUT2D eigenvalue weighted by Gasteiger charge is 2.31. The van der Waals surface area contributed by atoms with Crippen LogP contribution in [-0.4, -0.2) is 61.4 Å². The third-order valence-corrected chi connectivity index (χ3v) is 3.66. The van der Waals surface area contributed by atoms with Crippen molar-refractivity contribution in [3.05, 3.63) is 29.8 Å². The van der Waals surface area contributed by atoms with Gasteiger partial charge in [0.2, 0.25) is 0 Å². The monoisotopic (exact) mass is 348 g/mol. The van der Waals surface area contributed by atoms with Gasteiger partial charge >= 0.3 is 6.36 Å². The maximum atomic E-state index is 12.1. The van der Waals surface area contributed by atoms with Crippen LogP contribution < -0.4 is 10.1 Å². The second-order valence-electron chi connectivity index (χ2n) is 6.18. The van der Waals surface area contributed by atoms with Crippen LogP contribution >= 0.6 is 0 Å². The number of alkyl halides is 3. The van der Waals surface area contributed by atoms with Crippen LogP contribution in [0.5, 0.6) is 5.75 Å². The van der Waals surface area contributed by atoms with Gasteiger partial charge in [0.25, 0.3) is 0 Å². The summed E-state index contributed by atoms with van der Waals surface area (Å²) in [5.74, 6) is -0.245. The van der Waals surface area contributed by atoms with Crippen LogP contribution in [0.1, 0.15) is 12.5 Å². The maximum absolute atomic E-state index is 12.1. The number of rotatable bonds is 7. The average molecular weight is 348 g/mol. The van der Waals surface area contributed by atoms with E-state index < -0.39 is 12.0 Å². The summed E-state index contributed by atoms with van der Waals surface area (Å²) in [6.07, 6.45) is -4.68. The molecule has 0 spiro atoms. The number of ether oxygens (including phenoxy) is 2. The van der Waals surface area contributed by atoms with Crippen LogP contribution in [0.3, 0.4) is 0 Å². The molecule has 1 aliphatic rings. The number of hydrogen-bond acceptors (Lipinski definition) is 5. The normalized spacial score (nSPS) is 19.0. The summed E-state index contributed by atoms with van der Waals surface area (Å²) in [7, 11) is 0. The quantitative estimate of drug-likeness (QED) is 0.786. The SMILES string of the molecule is CC(O)(CNCc1ccc(OC(F)(F)F)cc1)CN1CCOCC1. The molecule has 1 unspecified atom stereocenters. The molecular formula is C16H23F3N2O3. The lowest BCUT2D eigenvalue weighted by atomic mass is 10.1. The Morgan fingerprint density at radius 2 is 1.83 bits per heavy atom. The molecule has 8 heteroatoms. The number of morpholine rings is 1. The van der Waals surface area contributed by atoms with Crippen LogP contribution in [0.2, 0.25) is 0 Å². The summed E-state index contributed by atoms with van der Waals surface area (Å²) in [6, 6.07) is 5.67. The smallest absolute Gasteiger partial charge is 0.406 e. The zero-order valence-electron chi connectivity index (χ0n) is 13.6. The Hall–Kier alpha value is -1.35. The molecule has 1 aliphatic heterocycles. The molecule has 136 valence electrons. The maximum Gasteiger partial charge on any atom is 0.573 e. The number of benzene rings is 1. The van der Waals surface area contributed by atoms with Crippen molar-refractivity contribution in [1.29, 1.82) is 0 Å². The van der Waals surface area contributed by atoms with Gasteiger partial charge in [-0.1, -0.05) is 12.1 Å². The Morgan fingerprint density at radius 1 is 1.21 bits per heavy atom. The summed E-state index contributed by atoms with van der Waals surface area (Å²) in [4.78, 5) is 2.15. The van der Waals surface area contributed by atoms with Gasteiger partial charge in [-0.15, -0.1) is 13.2 Å². The lowest BCUT2D eigenvalue weighted by Crippen LogP contribution is -2.50. The fourth-order valence-electron chi connectivity index (χ4n) is 2.58. The Balaban J connectivity index is 1.74. The van der Waals surface area contributed by atoms with E-state index in [0.29, 0.717) is 32.8 Å². The fraction of sp³-hybridized carbons (Fsp3) is 0.625. The number of nitrogens with zero attached hydrogens (tertiary/aromatic N) is 1. The van der Waals surface area contributed by atoms with Gasteiger partial charge in [0.05, 0.1) is 18.8 Å². The second kappa shape index (κ2) is 8.15. The topological polar surface area (TPSA) is 54.0 Å². The number of β-amino-alcohol motifs (C(OH)–C–C–N with tert-alkyl or cyclic N) is 1. The van der Waals surface area contributed by atoms with E-state index in [1.165, 1.54) is 12.1 Å². The molecule has 1 saturated heterocycles. The summed E-state index contributed by atoms with van der Waals surface area (Å²) in [5.41, 5.74) is -0.0804. The summed E-state index contributed by atoms with van der Waals surface area (Å²) >= 11 is 0. The fourth-order valence-corrected chi connectivity index (χ4v) is 2.58. The molecule has 2 N–H and O–H groups in total. The highest BCUT2D eigenvalue weighted by atomic mass is 19.4. The minimum atomic E-state index is -4.68. The van der Waals surface area contributed by atoms with Crippen LogP contribution in [0.15, 0.2) is 24.3 Å². The first kappa shape index (κ1) is 19.0. The van der Waals surface area contributed by atoms with Crippen LogP contribution in [-0.2, 0) is 11.3 Å². The van der Waals surface area contributed by atoms with E-state index in [-0.39, 0.29) is 5.75 Å². The summed E-state index contributed by atoms with van der Waals surface area (Å²) in [6.45, 7) is 6.09. The van der Waals surface area contributed by atoms with Crippen molar-refractivity contribution in [2.45, 2.75) is 25.4 Å². The van der Waals surface area contributed by atoms with Gasteiger partial charge in [-0.25, -0.2) is 0 Å². The van der Waals surface area contributed by atoms with E-state index in [9.17, 15) is 18.3 Å². The molecule has 0 aliphatic carbocycles. The van der Waals surface area contributed by atoms with Gasteiger partial charge in [0.1, 0.15) is 5.75 Å². The minimum Gasteiger partial charge on any atom is -0.406 e. The third-order valence-electron chi connectivity index (χ3n) is 3.66. The van der Waals surface area contributed by atoms with Gasteiger partial charge in [-0.3, -0.25) is 4.90 Å². The predicted molar refractivity (Wildman–Crippen MR) is 82.7 cm³/mol. The van der Waals surface area contributed by atoms with Crippen molar-refractivity contribution in [3.8, 4) is 5.75 Å². The van der Waals surface area contributed by atoms with Crippen LogP contribution in [0, 0.1) is 0 Å². The van der Waals surface area contributed by atoms with E-state index in [2.05, 4.69) is 15.0 Å². The lowest BCUT2D eigenvalue weighted by Gasteiger charge is -2.34. The van der Waals surface area contributed by atoms with Crippen LogP contribution in [0.4, 0.5) is 13.2 Å². The van der Waals surface area contributed by atoms with E-state index in [1.807, 2.05) is 0 Å². The molecule has 0 bridgehead atoms. The molecule has 0 radical (unpaired) electrons. The minimum absolute atomic E-state index is 0.245. The average Bonchev–Trinajstić information content (AvgIpc) is 2.48. The third kappa shape index (κ3) is 7.04. The van der Waals surface area contributed by atoms with Crippen molar-refractivity contribution >= 4 is 0 Å². The molecule has 2 rings (SSSR count). The molecule has 24 heavy (non-hydrogen) atoms. The van der Waals surface area contributed by atoms with Crippen molar-refractivity contribution < 1.29 is 27.8 Å². The van der Waals surface area contributed by atoms with E-state index in [0.717, 1.165) is 18.7 Å². The van der Waals surface area contributed by atoms with E-state index in [4.69, 9.17) is 4.74 Å². The number of aliphatic hydroxyl groups is 1. The Morgan fingerprint density at radius 3 is 2.42 bits per heavy atom. The molecular weight excluding hydrogens is 325 g/mol. The van der Waals surface area contributed by atoms with Crippen molar-refractivity contribution in [1.82, 2.24) is 10.2 Å². The Labute approximate surface area is 139 Å². The van der Waals surface area contributed by atoms with Gasteiger partial charge in [-0.2, -0.15) is 0 Å². The molecule has 1 heterocycles. The zero-order valence-corrected chi connectivity index (χ0v) is 13.6. The van der Waals surface area contributed by atoms with E-state index >= 15 is 0 Å². The molecule has 0 amide bonds. The Bertz CT molecular complexity index is 500. The standard InChI is InChI=1S/C16H23F3N2O3/c1-15(22,12-21-6-8-23-9-7-21)11-20-10-13-2-4-14(5-3-13)24-16(17,18)19/h2-5,20,22H,6-12H2,1H3. The second-order valence-corrected chi connectivity index (χ2v) is 6.18. The first-order valence-corrected chi connectivity index (χ1v) is 7.81. The first-order chi connectivity index (χ1) is 11.2. The molecule has 0 aromatic heterocycles. The molecule has 1 aromatic carbocycles. The van der Waals surface area contributed by atoms with Gasteiger partial charge in [0, 0.05) is 32.7 Å². The van der Waals surface area contributed by atoms with E-state index in [1.54, 1.807) is 19.1 Å². The zero-order chi connectivity index (χ0) is 17.6. The van der Waals surface area contributed by atoms with Crippen molar-refractivity contribution in [3.63, 3.8) is 0 Å². The highest BCUT2D eigenvalue weighted by Crippen LogP contribution is 2.22. The molecule has 1 aromatic rings. The molecule has 1 atom stereocenters. The van der Waals surface area contributed by atoms with Crippen molar-refractivity contribution in [2.75, 3.05) is 39.4 Å². The number of nitrogens with one attached hydrogen (secondary N) is 1. The van der Waals surface area contributed by atoms with Crippen LogP contribution in [0.25, 0.3) is 0 Å². The number of hydrogen-bond donors (Lipinski definition) is 2. The molecule has 0 saturated carbocycles. The lowest BCUT2D eigenvalue weighted by molar-refractivity contribution is -0.274. The largest absolute Gasteiger partial charge is 0.573 e. The Kier molecular flexibility index (Phi) is 6.45. The molecule has 5 nitrogen and oxygen atoms in total. The molecule has 1 fully saturated rings. The van der Waals surface area contributed by atoms with Gasteiger partial charge in [0.15, 0.2) is 0 Å². The van der Waals surface area contributed by atoms with Gasteiger partial charge in [-0.05, 0) is 24.6 Å². The highest BCUT2D eigenvalue weighted by molar-refractivity contribution is 5.27.